The third kappa shape index (κ3) is 5.41. The highest BCUT2D eigenvalue weighted by atomic mass is 19.1. The molecule has 0 aliphatic carbocycles. The highest BCUT2D eigenvalue weighted by Crippen LogP contribution is 2.31. The van der Waals surface area contributed by atoms with Crippen LogP contribution in [0.3, 0.4) is 0 Å². The number of ether oxygens (including phenoxy) is 1. The Labute approximate surface area is 208 Å². The zero-order valence-electron chi connectivity index (χ0n) is 19.5. The Morgan fingerprint density at radius 3 is 2.64 bits per heavy atom. The minimum absolute atomic E-state index is 0.132. The van der Waals surface area contributed by atoms with Crippen LogP contribution >= 0.6 is 0 Å². The van der Waals surface area contributed by atoms with Gasteiger partial charge in [-0.25, -0.2) is 9.37 Å². The van der Waals surface area contributed by atoms with Gasteiger partial charge in [-0.05, 0) is 47.0 Å². The van der Waals surface area contributed by atoms with E-state index in [0.717, 1.165) is 16.8 Å². The Morgan fingerprint density at radius 1 is 0.972 bits per heavy atom. The summed E-state index contributed by atoms with van der Waals surface area (Å²) < 4.78 is 22.1. The van der Waals surface area contributed by atoms with E-state index < -0.39 is 5.92 Å². The van der Waals surface area contributed by atoms with Gasteiger partial charge in [0, 0.05) is 43.7 Å². The standard InChI is InChI=1S/C29H25FN4O2/c30-24-11-4-10-23(15-24)25(16-28(35)32-18-22-9-5-13-31-17-22)26-19-33-29-27(12-6-14-34(26)29)36-20-21-7-2-1-3-8-21/h1-15,17,19,25H,16,18,20H2,(H,32,35). The van der Waals surface area contributed by atoms with Gasteiger partial charge in [0.05, 0.1) is 5.69 Å². The second-order valence-electron chi connectivity index (χ2n) is 8.47. The number of aromatic nitrogens is 3. The zero-order valence-corrected chi connectivity index (χ0v) is 19.5. The number of benzene rings is 2. The molecule has 5 aromatic rings. The summed E-state index contributed by atoms with van der Waals surface area (Å²) in [6, 6.07) is 23.7. The van der Waals surface area contributed by atoms with Crippen LogP contribution in [0.2, 0.25) is 0 Å². The van der Waals surface area contributed by atoms with E-state index in [1.807, 2.05) is 71.3 Å². The molecular formula is C29H25FN4O2. The predicted octanol–water partition coefficient (Wildman–Crippen LogP) is 5.29. The Bertz CT molecular complexity index is 1450. The van der Waals surface area contributed by atoms with Crippen LogP contribution in [0.15, 0.2) is 104 Å². The van der Waals surface area contributed by atoms with E-state index >= 15 is 0 Å². The van der Waals surface area contributed by atoms with Gasteiger partial charge in [-0.15, -0.1) is 0 Å². The number of hydrogen-bond acceptors (Lipinski definition) is 4. The number of halogens is 1. The fourth-order valence-electron chi connectivity index (χ4n) is 4.19. The maximum Gasteiger partial charge on any atom is 0.221 e. The SMILES string of the molecule is O=C(CC(c1cccc(F)c1)c1cnc2c(OCc3ccccc3)cccn12)NCc1cccnc1. The molecule has 1 unspecified atom stereocenters. The van der Waals surface area contributed by atoms with Gasteiger partial charge in [0.2, 0.25) is 5.91 Å². The quantitative estimate of drug-likeness (QED) is 0.311. The highest BCUT2D eigenvalue weighted by molar-refractivity contribution is 5.77. The van der Waals surface area contributed by atoms with Crippen LogP contribution in [0.4, 0.5) is 4.39 Å². The van der Waals surface area contributed by atoms with Gasteiger partial charge < -0.3 is 14.5 Å². The van der Waals surface area contributed by atoms with Crippen LogP contribution in [0.5, 0.6) is 5.75 Å². The van der Waals surface area contributed by atoms with E-state index in [4.69, 9.17) is 4.74 Å². The van der Waals surface area contributed by atoms with Gasteiger partial charge in [-0.1, -0.05) is 48.5 Å². The molecule has 1 amide bonds. The van der Waals surface area contributed by atoms with E-state index in [9.17, 15) is 9.18 Å². The number of carbonyl (C=O) groups is 1. The smallest absolute Gasteiger partial charge is 0.221 e. The van der Waals surface area contributed by atoms with Gasteiger partial charge >= 0.3 is 0 Å². The number of rotatable bonds is 9. The maximum absolute atomic E-state index is 14.2. The van der Waals surface area contributed by atoms with E-state index in [1.165, 1.54) is 12.1 Å². The van der Waals surface area contributed by atoms with Crippen LogP contribution in [-0.2, 0) is 17.9 Å². The van der Waals surface area contributed by atoms with Crippen LogP contribution < -0.4 is 10.1 Å². The van der Waals surface area contributed by atoms with Gasteiger partial charge in [0.25, 0.3) is 0 Å². The van der Waals surface area contributed by atoms with Gasteiger partial charge in [0.15, 0.2) is 11.4 Å². The Hall–Kier alpha value is -4.52. The van der Waals surface area contributed by atoms with Crippen molar-refractivity contribution in [1.29, 1.82) is 0 Å². The molecule has 1 N–H and O–H groups in total. The average molecular weight is 481 g/mol. The molecule has 0 saturated carbocycles. The van der Waals surface area contributed by atoms with Crippen molar-refractivity contribution in [3.05, 3.63) is 132 Å². The van der Waals surface area contributed by atoms with Crippen LogP contribution in [-0.4, -0.2) is 20.3 Å². The topological polar surface area (TPSA) is 68.5 Å². The monoisotopic (exact) mass is 480 g/mol. The van der Waals surface area contributed by atoms with E-state index in [-0.39, 0.29) is 18.1 Å². The van der Waals surface area contributed by atoms with Crippen molar-refractivity contribution < 1.29 is 13.9 Å². The molecule has 0 bridgehead atoms. The molecule has 6 nitrogen and oxygen atoms in total. The molecule has 0 aliphatic rings. The van der Waals surface area contributed by atoms with Crippen molar-refractivity contribution >= 4 is 11.6 Å². The second-order valence-corrected chi connectivity index (χ2v) is 8.47. The first-order valence-electron chi connectivity index (χ1n) is 11.7. The molecule has 3 heterocycles. The molecule has 3 aromatic heterocycles. The number of pyridine rings is 2. The second kappa shape index (κ2) is 10.8. The van der Waals surface area contributed by atoms with Crippen molar-refractivity contribution in [1.82, 2.24) is 19.7 Å². The third-order valence-corrected chi connectivity index (χ3v) is 5.98. The Morgan fingerprint density at radius 2 is 1.83 bits per heavy atom. The number of fused-ring (bicyclic) bond motifs is 1. The van der Waals surface area contributed by atoms with Gasteiger partial charge in [0.1, 0.15) is 12.4 Å². The fraction of sp³-hybridized carbons (Fsp3) is 0.138. The molecule has 5 rings (SSSR count). The lowest BCUT2D eigenvalue weighted by atomic mass is 9.92. The number of hydrogen-bond donors (Lipinski definition) is 1. The first-order valence-corrected chi connectivity index (χ1v) is 11.7. The largest absolute Gasteiger partial charge is 0.485 e. The summed E-state index contributed by atoms with van der Waals surface area (Å²) in [6.07, 6.45) is 7.15. The van der Waals surface area contributed by atoms with E-state index in [1.54, 1.807) is 24.7 Å². The predicted molar refractivity (Wildman–Crippen MR) is 135 cm³/mol. The number of nitrogens with one attached hydrogen (secondary N) is 1. The molecule has 0 saturated heterocycles. The average Bonchev–Trinajstić information content (AvgIpc) is 3.35. The lowest BCUT2D eigenvalue weighted by Gasteiger charge is -2.18. The van der Waals surface area contributed by atoms with Gasteiger partial charge in [-0.2, -0.15) is 0 Å². The van der Waals surface area contributed by atoms with Crippen molar-refractivity contribution in [3.8, 4) is 5.75 Å². The lowest BCUT2D eigenvalue weighted by molar-refractivity contribution is -0.121. The summed E-state index contributed by atoms with van der Waals surface area (Å²) in [6.45, 7) is 0.778. The third-order valence-electron chi connectivity index (χ3n) is 5.98. The minimum Gasteiger partial charge on any atom is -0.485 e. The molecule has 0 spiro atoms. The highest BCUT2D eigenvalue weighted by Gasteiger charge is 2.23. The summed E-state index contributed by atoms with van der Waals surface area (Å²) >= 11 is 0. The molecule has 1 atom stereocenters. The molecule has 36 heavy (non-hydrogen) atoms. The molecule has 0 fully saturated rings. The first-order chi connectivity index (χ1) is 17.7. The van der Waals surface area contributed by atoms with Crippen molar-refractivity contribution in [2.24, 2.45) is 0 Å². The number of carbonyl (C=O) groups excluding carboxylic acids is 1. The van der Waals surface area contributed by atoms with Crippen molar-refractivity contribution in [2.75, 3.05) is 0 Å². The normalized spacial score (nSPS) is 11.8. The number of amides is 1. The van der Waals surface area contributed by atoms with E-state index in [2.05, 4.69) is 15.3 Å². The molecule has 2 aromatic carbocycles. The van der Waals surface area contributed by atoms with Crippen LogP contribution in [0.25, 0.3) is 5.65 Å². The minimum atomic E-state index is -0.408. The lowest BCUT2D eigenvalue weighted by Crippen LogP contribution is -2.25. The molecular weight excluding hydrogens is 455 g/mol. The Kier molecular flexibility index (Phi) is 6.98. The van der Waals surface area contributed by atoms with E-state index in [0.29, 0.717) is 30.1 Å². The van der Waals surface area contributed by atoms with Gasteiger partial charge in [-0.3, -0.25) is 9.78 Å². The molecule has 180 valence electrons. The Balaban J connectivity index is 1.42. The summed E-state index contributed by atoms with van der Waals surface area (Å²) in [7, 11) is 0. The van der Waals surface area contributed by atoms with Crippen molar-refractivity contribution in [3.63, 3.8) is 0 Å². The summed E-state index contributed by atoms with van der Waals surface area (Å²) in [5.41, 5.74) is 4.07. The summed E-state index contributed by atoms with van der Waals surface area (Å²) in [5, 5.41) is 2.95. The molecule has 0 radical (unpaired) electrons. The fourth-order valence-corrected chi connectivity index (χ4v) is 4.19. The van der Waals surface area contributed by atoms with Crippen LogP contribution in [0, 0.1) is 5.82 Å². The maximum atomic E-state index is 14.2. The van der Waals surface area contributed by atoms with Crippen molar-refractivity contribution in [2.45, 2.75) is 25.5 Å². The number of imidazole rings is 1. The first kappa shape index (κ1) is 23.2. The summed E-state index contributed by atoms with van der Waals surface area (Å²) in [5.74, 6) is -0.283. The number of nitrogens with zero attached hydrogens (tertiary/aromatic N) is 3. The zero-order chi connectivity index (χ0) is 24.7. The molecule has 0 aliphatic heterocycles. The molecule has 7 heteroatoms. The van der Waals surface area contributed by atoms with Crippen LogP contribution in [0.1, 0.15) is 34.7 Å². The summed E-state index contributed by atoms with van der Waals surface area (Å²) in [4.78, 5) is 21.6.